The van der Waals surface area contributed by atoms with E-state index in [9.17, 15) is 0 Å². The number of nitrogens with one attached hydrogen (secondary N) is 1. The second-order valence-corrected chi connectivity index (χ2v) is 5.57. The highest BCUT2D eigenvalue weighted by atomic mass is 15.0. The fraction of sp³-hybridized carbons (Fsp3) is 0.211. The van der Waals surface area contributed by atoms with Crippen LogP contribution in [-0.4, -0.2) is 6.21 Å². The third-order valence-corrected chi connectivity index (χ3v) is 3.88. The highest BCUT2D eigenvalue weighted by Gasteiger charge is 2.23. The molecule has 2 aromatic rings. The molecule has 2 heteroatoms. The molecular formula is C19H20N2. The maximum atomic E-state index is 4.73. The van der Waals surface area contributed by atoms with Gasteiger partial charge in [0.15, 0.2) is 0 Å². The standard InChI is InChI=1S/C19H20N2/c1-14-4-8-16(9-5-14)18-19(21-13-3-12-20-18)17-10-6-15(2)7-11-17/h3-13,18-20H,1-2H3/t18-,19+/m1/s1. The van der Waals surface area contributed by atoms with E-state index in [4.69, 9.17) is 4.99 Å². The van der Waals surface area contributed by atoms with Crippen molar-refractivity contribution in [2.45, 2.75) is 25.9 Å². The van der Waals surface area contributed by atoms with Gasteiger partial charge in [0.25, 0.3) is 0 Å². The van der Waals surface area contributed by atoms with Crippen LogP contribution in [0.3, 0.4) is 0 Å². The molecule has 1 aliphatic rings. The third-order valence-electron chi connectivity index (χ3n) is 3.88. The Bertz CT molecular complexity index is 651. The van der Waals surface area contributed by atoms with Gasteiger partial charge in [-0.1, -0.05) is 59.7 Å². The van der Waals surface area contributed by atoms with Crippen LogP contribution in [0.4, 0.5) is 0 Å². The summed E-state index contributed by atoms with van der Waals surface area (Å²) in [6, 6.07) is 17.6. The highest BCUT2D eigenvalue weighted by molar-refractivity contribution is 5.71. The van der Waals surface area contributed by atoms with Gasteiger partial charge in [0, 0.05) is 6.21 Å². The summed E-state index contributed by atoms with van der Waals surface area (Å²) in [5, 5.41) is 3.47. The van der Waals surface area contributed by atoms with E-state index in [2.05, 4.69) is 67.7 Å². The topological polar surface area (TPSA) is 24.4 Å². The minimum atomic E-state index is 0.0864. The van der Waals surface area contributed by atoms with Gasteiger partial charge in [-0.2, -0.15) is 0 Å². The van der Waals surface area contributed by atoms with Crippen LogP contribution < -0.4 is 5.32 Å². The molecule has 0 bridgehead atoms. The van der Waals surface area contributed by atoms with Crippen molar-refractivity contribution >= 4 is 6.21 Å². The molecule has 0 amide bonds. The number of hydrogen-bond donors (Lipinski definition) is 1. The zero-order valence-electron chi connectivity index (χ0n) is 12.5. The largest absolute Gasteiger partial charge is 0.382 e. The summed E-state index contributed by atoms with van der Waals surface area (Å²) in [7, 11) is 0. The van der Waals surface area contributed by atoms with Crippen LogP contribution in [0.25, 0.3) is 0 Å². The molecule has 0 aliphatic carbocycles. The maximum absolute atomic E-state index is 4.73. The highest BCUT2D eigenvalue weighted by Crippen LogP contribution is 2.33. The number of aryl methyl sites for hydroxylation is 2. The van der Waals surface area contributed by atoms with Crippen LogP contribution >= 0.6 is 0 Å². The first-order chi connectivity index (χ1) is 10.2. The number of allylic oxidation sites excluding steroid dienone is 1. The zero-order valence-corrected chi connectivity index (χ0v) is 12.5. The predicted octanol–water partition coefficient (Wildman–Crippen LogP) is 4.27. The summed E-state index contributed by atoms with van der Waals surface area (Å²) < 4.78 is 0. The van der Waals surface area contributed by atoms with Gasteiger partial charge < -0.3 is 5.32 Å². The number of hydrogen-bond acceptors (Lipinski definition) is 2. The normalized spacial score (nSPS) is 20.9. The van der Waals surface area contributed by atoms with Crippen molar-refractivity contribution < 1.29 is 0 Å². The Kier molecular flexibility index (Phi) is 3.87. The van der Waals surface area contributed by atoms with Crippen LogP contribution in [0.2, 0.25) is 0 Å². The fourth-order valence-electron chi connectivity index (χ4n) is 2.62. The lowest BCUT2D eigenvalue weighted by atomic mass is 9.93. The molecule has 0 saturated heterocycles. The Hall–Kier alpha value is -2.35. The van der Waals surface area contributed by atoms with Gasteiger partial charge >= 0.3 is 0 Å². The number of aliphatic imine (C=N–C) groups is 1. The molecule has 2 nitrogen and oxygen atoms in total. The van der Waals surface area contributed by atoms with Crippen molar-refractivity contribution in [1.29, 1.82) is 0 Å². The lowest BCUT2D eigenvalue weighted by Gasteiger charge is -2.24. The quantitative estimate of drug-likeness (QED) is 0.870. The van der Waals surface area contributed by atoms with E-state index in [0.717, 1.165) is 0 Å². The Morgan fingerprint density at radius 1 is 0.810 bits per heavy atom. The molecule has 21 heavy (non-hydrogen) atoms. The van der Waals surface area contributed by atoms with Gasteiger partial charge in [-0.05, 0) is 37.3 Å². The molecule has 1 heterocycles. The maximum Gasteiger partial charge on any atom is 0.0991 e. The summed E-state index contributed by atoms with van der Waals surface area (Å²) in [6.45, 7) is 4.22. The first kappa shape index (κ1) is 13.6. The van der Waals surface area contributed by atoms with Crippen molar-refractivity contribution in [3.8, 4) is 0 Å². The SMILES string of the molecule is Cc1ccc([C@H]2NC=CC=N[C@H]2c2ccc(C)cc2)cc1. The monoisotopic (exact) mass is 276 g/mol. The summed E-state index contributed by atoms with van der Waals surface area (Å²) in [6.07, 6.45) is 5.81. The van der Waals surface area contributed by atoms with E-state index < -0.39 is 0 Å². The van der Waals surface area contributed by atoms with Crippen molar-refractivity contribution in [3.63, 3.8) is 0 Å². The molecule has 2 aromatic carbocycles. The molecule has 0 radical (unpaired) electrons. The van der Waals surface area contributed by atoms with Gasteiger partial charge in [0.1, 0.15) is 0 Å². The first-order valence-electron chi connectivity index (χ1n) is 7.31. The van der Waals surface area contributed by atoms with Crippen LogP contribution in [0.15, 0.2) is 65.8 Å². The third kappa shape index (κ3) is 3.05. The first-order valence-corrected chi connectivity index (χ1v) is 7.31. The van der Waals surface area contributed by atoms with E-state index >= 15 is 0 Å². The second-order valence-electron chi connectivity index (χ2n) is 5.57. The number of nitrogens with zero attached hydrogens (tertiary/aromatic N) is 1. The van der Waals surface area contributed by atoms with E-state index in [1.54, 1.807) is 0 Å². The Labute approximate surface area is 126 Å². The smallest absolute Gasteiger partial charge is 0.0991 e. The van der Waals surface area contributed by atoms with Crippen molar-refractivity contribution in [2.24, 2.45) is 4.99 Å². The van der Waals surface area contributed by atoms with Crippen molar-refractivity contribution in [2.75, 3.05) is 0 Å². The number of benzene rings is 2. The summed E-state index contributed by atoms with van der Waals surface area (Å²) in [4.78, 5) is 4.73. The van der Waals surface area contributed by atoms with Gasteiger partial charge in [-0.3, -0.25) is 4.99 Å². The van der Waals surface area contributed by atoms with Gasteiger partial charge in [0.2, 0.25) is 0 Å². The van der Waals surface area contributed by atoms with Crippen molar-refractivity contribution in [3.05, 3.63) is 83.1 Å². The lowest BCUT2D eigenvalue weighted by molar-refractivity contribution is 0.516. The Morgan fingerprint density at radius 2 is 1.38 bits per heavy atom. The van der Waals surface area contributed by atoms with E-state index in [1.807, 2.05) is 18.5 Å². The fourth-order valence-corrected chi connectivity index (χ4v) is 2.62. The average Bonchev–Trinajstić information content (AvgIpc) is 2.75. The molecule has 106 valence electrons. The van der Waals surface area contributed by atoms with Crippen LogP contribution in [0.1, 0.15) is 34.3 Å². The van der Waals surface area contributed by atoms with Gasteiger partial charge in [-0.15, -0.1) is 0 Å². The molecule has 0 saturated carbocycles. The van der Waals surface area contributed by atoms with Gasteiger partial charge in [-0.25, -0.2) is 0 Å². The number of rotatable bonds is 2. The minimum absolute atomic E-state index is 0.0864. The van der Waals surface area contributed by atoms with E-state index in [0.29, 0.717) is 0 Å². The van der Waals surface area contributed by atoms with Gasteiger partial charge in [0.05, 0.1) is 12.1 Å². The molecule has 1 N–H and O–H groups in total. The lowest BCUT2D eigenvalue weighted by Crippen LogP contribution is -2.21. The molecule has 0 aromatic heterocycles. The average molecular weight is 276 g/mol. The van der Waals surface area contributed by atoms with Crippen molar-refractivity contribution in [1.82, 2.24) is 5.32 Å². The predicted molar refractivity (Wildman–Crippen MR) is 88.6 cm³/mol. The van der Waals surface area contributed by atoms with Crippen LogP contribution in [0, 0.1) is 13.8 Å². The summed E-state index contributed by atoms with van der Waals surface area (Å²) >= 11 is 0. The summed E-state index contributed by atoms with van der Waals surface area (Å²) in [5.74, 6) is 0. The Balaban J connectivity index is 1.98. The molecule has 0 unspecified atom stereocenters. The molecule has 1 aliphatic heterocycles. The molecule has 0 fully saturated rings. The minimum Gasteiger partial charge on any atom is -0.382 e. The summed E-state index contributed by atoms with van der Waals surface area (Å²) in [5.41, 5.74) is 5.04. The second kappa shape index (κ2) is 5.96. The van der Waals surface area contributed by atoms with Crippen LogP contribution in [-0.2, 0) is 0 Å². The molecule has 0 spiro atoms. The Morgan fingerprint density at radius 3 is 2.00 bits per heavy atom. The molecular weight excluding hydrogens is 256 g/mol. The van der Waals surface area contributed by atoms with E-state index in [-0.39, 0.29) is 12.1 Å². The van der Waals surface area contributed by atoms with E-state index in [1.165, 1.54) is 22.3 Å². The van der Waals surface area contributed by atoms with Crippen LogP contribution in [0.5, 0.6) is 0 Å². The molecule has 2 atom stereocenters. The zero-order chi connectivity index (χ0) is 14.7. The molecule has 3 rings (SSSR count).